The van der Waals surface area contributed by atoms with Gasteiger partial charge in [0.25, 0.3) is 0 Å². The Morgan fingerprint density at radius 2 is 1.04 bits per heavy atom. The zero-order valence-electron chi connectivity index (χ0n) is 16.7. The maximum atomic E-state index is 10.1. The summed E-state index contributed by atoms with van der Waals surface area (Å²) in [7, 11) is -4.64. The van der Waals surface area contributed by atoms with E-state index in [1.165, 1.54) is 0 Å². The predicted octanol–water partition coefficient (Wildman–Crippen LogP) is -2.03. The third-order valence-electron chi connectivity index (χ3n) is 2.57. The molecule has 0 aliphatic rings. The van der Waals surface area contributed by atoms with Gasteiger partial charge in [0.15, 0.2) is 0 Å². The van der Waals surface area contributed by atoms with E-state index in [1.54, 1.807) is 0 Å². The van der Waals surface area contributed by atoms with Crippen molar-refractivity contribution in [1.29, 1.82) is 0 Å². The summed E-state index contributed by atoms with van der Waals surface area (Å²) in [5.74, 6) is -1.87. The van der Waals surface area contributed by atoms with E-state index in [4.69, 9.17) is 52.4 Å². The summed E-state index contributed by atoms with van der Waals surface area (Å²) in [6.07, 6.45) is 4.33. The zero-order valence-corrected chi connectivity index (χ0v) is 17.0. The molecule has 0 bridgehead atoms. The molecule has 0 aromatic carbocycles. The van der Waals surface area contributed by atoms with Gasteiger partial charge in [-0.15, -0.1) is 0 Å². The van der Waals surface area contributed by atoms with E-state index in [2.05, 4.69) is 0 Å². The van der Waals surface area contributed by atoms with Gasteiger partial charge in [0.05, 0.1) is 0 Å². The van der Waals surface area contributed by atoms with Gasteiger partial charge in [-0.3, -0.25) is 9.59 Å². The normalized spacial score (nSPS) is 12.3. The third kappa shape index (κ3) is 39.0. The number of hydrogen-bond acceptors (Lipinski definition) is 7. The smallest absolute Gasteiger partial charge is 1.00 e. The van der Waals surface area contributed by atoms with E-state index in [0.29, 0.717) is 25.9 Å². The molecule has 26 heavy (non-hydrogen) atoms. The van der Waals surface area contributed by atoms with Crippen LogP contribution in [0.5, 0.6) is 0 Å². The zero-order chi connectivity index (χ0) is 20.5. The standard InChI is InChI=1S/2C6H14N2O2.Mg.H3O4P.2H/c2*7-4-2-1-3-5(8)6(9)10;;1-5(2,3)4;;/h2*5H,1-4,7-8H2,(H,9,10);;(H3,1,2,3,4);;/q;;+2;;2*-1/t2*5-;;;;/m00..../s1. The molecule has 0 fully saturated rings. The second-order valence-corrected chi connectivity index (χ2v) is 6.00. The van der Waals surface area contributed by atoms with Crippen molar-refractivity contribution in [3.8, 4) is 0 Å². The first kappa shape index (κ1) is 33.3. The first-order valence-electron chi connectivity index (χ1n) is 7.52. The van der Waals surface area contributed by atoms with E-state index in [1.807, 2.05) is 0 Å². The van der Waals surface area contributed by atoms with Crippen molar-refractivity contribution in [2.75, 3.05) is 13.1 Å². The van der Waals surface area contributed by atoms with Crippen molar-refractivity contribution in [1.82, 2.24) is 0 Å². The van der Waals surface area contributed by atoms with E-state index in [-0.39, 0.29) is 25.9 Å². The minimum Gasteiger partial charge on any atom is -1.00 e. The number of carboxylic acid groups (broad SMARTS) is 2. The van der Waals surface area contributed by atoms with Gasteiger partial charge in [0, 0.05) is 0 Å². The minimum atomic E-state index is -4.64. The van der Waals surface area contributed by atoms with Crippen LogP contribution in [0.1, 0.15) is 41.4 Å². The molecule has 0 heterocycles. The van der Waals surface area contributed by atoms with Crippen LogP contribution in [0.4, 0.5) is 0 Å². The van der Waals surface area contributed by atoms with Gasteiger partial charge < -0.3 is 50.7 Å². The summed E-state index contributed by atoms with van der Waals surface area (Å²) in [6, 6.07) is -1.43. The summed E-state index contributed by atoms with van der Waals surface area (Å²) >= 11 is 0. The molecule has 2 atom stereocenters. The van der Waals surface area contributed by atoms with E-state index < -0.39 is 31.8 Å². The maximum Gasteiger partial charge on any atom is 2.00 e. The number of aliphatic carboxylic acids is 2. The second-order valence-electron chi connectivity index (χ2n) is 4.97. The summed E-state index contributed by atoms with van der Waals surface area (Å²) in [5.41, 5.74) is 20.8. The van der Waals surface area contributed by atoms with Crippen LogP contribution >= 0.6 is 7.82 Å². The molecule has 0 aliphatic heterocycles. The number of hydrogen-bond donors (Lipinski definition) is 9. The number of nitrogens with two attached hydrogens (primary N) is 4. The fraction of sp³-hybridized carbons (Fsp3) is 0.833. The topological polar surface area (TPSA) is 256 Å². The Bertz CT molecular complexity index is 376. The summed E-state index contributed by atoms with van der Waals surface area (Å²) in [6.45, 7) is 1.21. The van der Waals surface area contributed by atoms with Crippen LogP contribution < -0.4 is 22.9 Å². The molecule has 0 unspecified atom stereocenters. The number of rotatable bonds is 10. The fourth-order valence-corrected chi connectivity index (χ4v) is 1.26. The number of phosphoric acid groups is 1. The molecule has 13 N–H and O–H groups in total. The largest absolute Gasteiger partial charge is 2.00 e. The van der Waals surface area contributed by atoms with E-state index in [0.717, 1.165) is 25.7 Å². The first-order chi connectivity index (χ1) is 11.4. The Balaban J connectivity index is -0.0000000646. The third-order valence-corrected chi connectivity index (χ3v) is 2.57. The van der Waals surface area contributed by atoms with Gasteiger partial charge >= 0.3 is 42.8 Å². The molecule has 14 heteroatoms. The van der Waals surface area contributed by atoms with Crippen LogP contribution in [0.15, 0.2) is 0 Å². The first-order valence-corrected chi connectivity index (χ1v) is 9.08. The van der Waals surface area contributed by atoms with Crippen LogP contribution in [0.3, 0.4) is 0 Å². The Labute approximate surface area is 171 Å². The van der Waals surface area contributed by atoms with Crippen LogP contribution in [-0.4, -0.2) is 85.1 Å². The molecule has 0 spiro atoms. The number of carboxylic acids is 2. The molecular formula is C12H33MgN4O8P. The molecule has 0 radical (unpaired) electrons. The van der Waals surface area contributed by atoms with Crippen LogP contribution in [0.2, 0.25) is 0 Å². The molecule has 12 nitrogen and oxygen atoms in total. The van der Waals surface area contributed by atoms with Gasteiger partial charge in [-0.05, 0) is 38.8 Å². The molecule has 0 aromatic heterocycles. The summed E-state index contributed by atoms with van der Waals surface area (Å²) in [4.78, 5) is 41.8. The average Bonchev–Trinajstić information content (AvgIpc) is 2.46. The molecule has 156 valence electrons. The molecule has 0 rings (SSSR count). The van der Waals surface area contributed by atoms with Gasteiger partial charge in [-0.25, -0.2) is 4.57 Å². The summed E-state index contributed by atoms with van der Waals surface area (Å²) < 4.78 is 8.88. The average molecular weight is 417 g/mol. The molecule has 0 saturated carbocycles. The molecule has 0 aliphatic carbocycles. The van der Waals surface area contributed by atoms with Gasteiger partial charge in [-0.1, -0.05) is 12.8 Å². The number of carbonyl (C=O) groups is 2. The van der Waals surface area contributed by atoms with Crippen molar-refractivity contribution >= 4 is 42.8 Å². The van der Waals surface area contributed by atoms with E-state index in [9.17, 15) is 9.59 Å². The van der Waals surface area contributed by atoms with Crippen LogP contribution in [-0.2, 0) is 14.2 Å². The maximum absolute atomic E-state index is 10.1. The Kier molecular flexibility index (Phi) is 26.8. The van der Waals surface area contributed by atoms with Crippen molar-refractivity contribution in [2.45, 2.75) is 50.6 Å². The Hall–Kier alpha value is -0.344. The SMILES string of the molecule is NCCCC[C@H](N)C(=O)O.NCCCC[C@H](N)C(=O)O.O=P(O)(O)O.[H-].[H-].[Mg+2]. The Morgan fingerprint density at radius 3 is 1.19 bits per heavy atom. The fourth-order valence-electron chi connectivity index (χ4n) is 1.26. The van der Waals surface area contributed by atoms with Gasteiger partial charge in [0.2, 0.25) is 0 Å². The molecule has 0 saturated heterocycles. The van der Waals surface area contributed by atoms with Gasteiger partial charge in [-0.2, -0.15) is 0 Å². The minimum absolute atomic E-state index is 0. The van der Waals surface area contributed by atoms with Crippen LogP contribution in [0, 0.1) is 0 Å². The van der Waals surface area contributed by atoms with Gasteiger partial charge in [0.1, 0.15) is 12.1 Å². The quantitative estimate of drug-likeness (QED) is 0.106. The molecular weight excluding hydrogens is 383 g/mol. The second kappa shape index (κ2) is 21.0. The van der Waals surface area contributed by atoms with E-state index >= 15 is 0 Å². The van der Waals surface area contributed by atoms with Crippen molar-refractivity contribution < 1.29 is 41.9 Å². The predicted molar refractivity (Wildman–Crippen MR) is 99.3 cm³/mol. The number of unbranched alkanes of at least 4 members (excludes halogenated alkanes) is 2. The van der Waals surface area contributed by atoms with Crippen molar-refractivity contribution in [3.63, 3.8) is 0 Å². The Morgan fingerprint density at radius 1 is 0.808 bits per heavy atom. The monoisotopic (exact) mass is 416 g/mol. The van der Waals surface area contributed by atoms with Crippen molar-refractivity contribution in [3.05, 3.63) is 0 Å². The molecule has 0 amide bonds. The van der Waals surface area contributed by atoms with Crippen LogP contribution in [0.25, 0.3) is 0 Å². The molecule has 0 aromatic rings. The van der Waals surface area contributed by atoms with Crippen molar-refractivity contribution in [2.24, 2.45) is 22.9 Å². The summed E-state index contributed by atoms with van der Waals surface area (Å²) in [5, 5.41) is 16.7.